The minimum absolute atomic E-state index is 0.0261. The van der Waals surface area contributed by atoms with E-state index in [1.807, 2.05) is 24.9 Å². The van der Waals surface area contributed by atoms with Gasteiger partial charge in [-0.3, -0.25) is 9.59 Å². The van der Waals surface area contributed by atoms with Gasteiger partial charge in [-0.25, -0.2) is 0 Å². The van der Waals surface area contributed by atoms with Gasteiger partial charge < -0.3 is 9.80 Å². The number of rotatable bonds is 4. The van der Waals surface area contributed by atoms with Crippen LogP contribution >= 0.6 is 23.2 Å². The molecule has 136 valence electrons. The van der Waals surface area contributed by atoms with E-state index in [1.165, 1.54) is 0 Å². The van der Waals surface area contributed by atoms with Gasteiger partial charge in [0.1, 0.15) is 0 Å². The van der Waals surface area contributed by atoms with Crippen LogP contribution in [0.1, 0.15) is 44.2 Å². The number of carbonyl (C=O) groups excluding carboxylic acids is 2. The first-order valence-corrected chi connectivity index (χ1v) is 9.64. The zero-order valence-corrected chi connectivity index (χ0v) is 16.2. The van der Waals surface area contributed by atoms with Gasteiger partial charge in [0.15, 0.2) is 0 Å². The van der Waals surface area contributed by atoms with Crippen LogP contribution in [0.3, 0.4) is 0 Å². The number of benzene rings is 1. The third kappa shape index (κ3) is 4.12. The van der Waals surface area contributed by atoms with Crippen LogP contribution in [0.25, 0.3) is 0 Å². The highest BCUT2D eigenvalue weighted by molar-refractivity contribution is 6.35. The molecule has 0 unspecified atom stereocenters. The van der Waals surface area contributed by atoms with Crippen LogP contribution in [0, 0.1) is 11.8 Å². The predicted molar refractivity (Wildman–Crippen MR) is 99.7 cm³/mol. The normalized spacial score (nSPS) is 19.6. The van der Waals surface area contributed by atoms with Crippen molar-refractivity contribution in [1.82, 2.24) is 9.80 Å². The largest absolute Gasteiger partial charge is 0.342 e. The molecule has 2 amide bonds. The van der Waals surface area contributed by atoms with Crippen molar-refractivity contribution in [2.75, 3.05) is 20.1 Å². The Morgan fingerprint density at radius 3 is 2.32 bits per heavy atom. The Labute approximate surface area is 159 Å². The van der Waals surface area contributed by atoms with Crippen molar-refractivity contribution in [3.05, 3.63) is 33.8 Å². The van der Waals surface area contributed by atoms with Gasteiger partial charge in [-0.2, -0.15) is 0 Å². The van der Waals surface area contributed by atoms with E-state index in [4.69, 9.17) is 23.2 Å². The summed E-state index contributed by atoms with van der Waals surface area (Å²) >= 11 is 12.2. The van der Waals surface area contributed by atoms with E-state index in [0.29, 0.717) is 23.1 Å². The topological polar surface area (TPSA) is 40.6 Å². The van der Waals surface area contributed by atoms with Gasteiger partial charge in [-0.05, 0) is 50.3 Å². The summed E-state index contributed by atoms with van der Waals surface area (Å²) in [6.07, 6.45) is 3.53. The van der Waals surface area contributed by atoms with Gasteiger partial charge >= 0.3 is 0 Å². The monoisotopic (exact) mass is 382 g/mol. The van der Waals surface area contributed by atoms with E-state index >= 15 is 0 Å². The number of carbonyl (C=O) groups is 2. The van der Waals surface area contributed by atoms with Crippen molar-refractivity contribution in [3.63, 3.8) is 0 Å². The van der Waals surface area contributed by atoms with E-state index in [1.54, 1.807) is 17.0 Å². The molecule has 1 aromatic rings. The summed E-state index contributed by atoms with van der Waals surface area (Å²) in [5.41, 5.74) is 0.892. The third-order valence-corrected chi connectivity index (χ3v) is 5.99. The number of halogens is 2. The first-order valence-electron chi connectivity index (χ1n) is 8.89. The molecule has 0 spiro atoms. The molecule has 3 rings (SSSR count). The Hall–Kier alpha value is -1.26. The summed E-state index contributed by atoms with van der Waals surface area (Å²) in [4.78, 5) is 28.7. The highest BCUT2D eigenvalue weighted by atomic mass is 35.5. The van der Waals surface area contributed by atoms with Crippen molar-refractivity contribution in [2.24, 2.45) is 11.8 Å². The number of piperidine rings is 1. The Morgan fingerprint density at radius 1 is 1.12 bits per heavy atom. The average molecular weight is 383 g/mol. The van der Waals surface area contributed by atoms with Gasteiger partial charge in [-0.15, -0.1) is 0 Å². The zero-order chi connectivity index (χ0) is 18.1. The van der Waals surface area contributed by atoms with Gasteiger partial charge in [0.2, 0.25) is 11.8 Å². The Kier molecular flexibility index (Phi) is 5.59. The van der Waals surface area contributed by atoms with Crippen LogP contribution in [0.15, 0.2) is 18.2 Å². The molecule has 4 nitrogen and oxygen atoms in total. The second-order valence-corrected chi connectivity index (χ2v) is 8.01. The number of amides is 2. The highest BCUT2D eigenvalue weighted by Gasteiger charge is 2.36. The number of hydrogen-bond acceptors (Lipinski definition) is 2. The molecule has 2 aliphatic rings. The Balaban J connectivity index is 1.59. The summed E-state index contributed by atoms with van der Waals surface area (Å²) < 4.78 is 0. The summed E-state index contributed by atoms with van der Waals surface area (Å²) in [6, 6.07) is 5.24. The lowest BCUT2D eigenvalue weighted by molar-refractivity contribution is -0.141. The zero-order valence-electron chi connectivity index (χ0n) is 14.7. The minimum Gasteiger partial charge on any atom is -0.342 e. The highest BCUT2D eigenvalue weighted by Crippen LogP contribution is 2.34. The van der Waals surface area contributed by atoms with Crippen LogP contribution in [0.5, 0.6) is 0 Å². The Morgan fingerprint density at radius 2 is 1.76 bits per heavy atom. The molecular weight excluding hydrogens is 359 g/mol. The maximum atomic E-state index is 12.9. The van der Waals surface area contributed by atoms with Crippen LogP contribution in [-0.4, -0.2) is 41.8 Å². The summed E-state index contributed by atoms with van der Waals surface area (Å²) in [5, 5.41) is 1.16. The number of nitrogens with zero attached hydrogens (tertiary/aromatic N) is 2. The van der Waals surface area contributed by atoms with Crippen LogP contribution < -0.4 is 0 Å². The van der Waals surface area contributed by atoms with Gasteiger partial charge in [0.25, 0.3) is 0 Å². The van der Waals surface area contributed by atoms with Gasteiger partial charge in [0.05, 0.1) is 6.04 Å². The molecular formula is C19H24Cl2N2O2. The molecule has 6 heteroatoms. The van der Waals surface area contributed by atoms with E-state index in [2.05, 4.69) is 0 Å². The van der Waals surface area contributed by atoms with E-state index in [0.717, 1.165) is 31.2 Å². The fraction of sp³-hybridized carbons (Fsp3) is 0.579. The quantitative estimate of drug-likeness (QED) is 0.783. The maximum Gasteiger partial charge on any atom is 0.226 e. The molecule has 1 aromatic carbocycles. The van der Waals surface area contributed by atoms with E-state index < -0.39 is 0 Å². The molecule has 0 aromatic heterocycles. The number of hydrogen-bond donors (Lipinski definition) is 0. The fourth-order valence-corrected chi connectivity index (χ4v) is 4.03. The molecule has 0 bridgehead atoms. The van der Waals surface area contributed by atoms with Crippen LogP contribution in [0.4, 0.5) is 0 Å². The van der Waals surface area contributed by atoms with Crippen molar-refractivity contribution >= 4 is 35.0 Å². The smallest absolute Gasteiger partial charge is 0.226 e. The summed E-state index contributed by atoms with van der Waals surface area (Å²) in [5.74, 6) is 0.626. The molecule has 1 atom stereocenters. The fourth-order valence-electron chi connectivity index (χ4n) is 3.46. The second kappa shape index (κ2) is 7.55. The van der Waals surface area contributed by atoms with E-state index in [-0.39, 0.29) is 29.7 Å². The summed E-state index contributed by atoms with van der Waals surface area (Å²) in [6.45, 7) is 3.35. The molecule has 1 aliphatic carbocycles. The van der Waals surface area contributed by atoms with Crippen LogP contribution in [-0.2, 0) is 9.59 Å². The van der Waals surface area contributed by atoms with Crippen molar-refractivity contribution in [3.8, 4) is 0 Å². The lowest BCUT2D eigenvalue weighted by Gasteiger charge is -2.35. The van der Waals surface area contributed by atoms with Gasteiger partial charge in [0, 0.05) is 42.0 Å². The lowest BCUT2D eigenvalue weighted by Crippen LogP contribution is -2.44. The maximum absolute atomic E-state index is 12.9. The SMILES string of the molecule is C[C@@H](c1ccc(Cl)cc1Cl)N(C)C(=O)C1CCN(C(=O)C2CC2)CC1. The van der Waals surface area contributed by atoms with Crippen molar-refractivity contribution < 1.29 is 9.59 Å². The summed E-state index contributed by atoms with van der Waals surface area (Å²) in [7, 11) is 1.82. The first-order chi connectivity index (χ1) is 11.9. The molecule has 1 heterocycles. The number of likely N-dealkylation sites (tertiary alicyclic amines) is 1. The Bertz CT molecular complexity index is 667. The predicted octanol–water partition coefficient (Wildman–Crippen LogP) is 4.16. The average Bonchev–Trinajstić information content (AvgIpc) is 3.44. The molecule has 2 fully saturated rings. The molecule has 0 N–H and O–H groups in total. The molecule has 1 saturated carbocycles. The first kappa shape index (κ1) is 18.5. The second-order valence-electron chi connectivity index (χ2n) is 7.16. The standard InChI is InChI=1S/C19H24Cl2N2O2/c1-12(16-6-5-15(20)11-17(16)21)22(2)18(24)14-7-9-23(10-8-14)19(25)13-3-4-13/h5-6,11-14H,3-4,7-10H2,1-2H3/t12-/m0/s1. The molecule has 0 radical (unpaired) electrons. The molecule has 25 heavy (non-hydrogen) atoms. The van der Waals surface area contributed by atoms with Crippen LogP contribution in [0.2, 0.25) is 10.0 Å². The van der Waals surface area contributed by atoms with E-state index in [9.17, 15) is 9.59 Å². The minimum atomic E-state index is -0.122. The lowest BCUT2D eigenvalue weighted by atomic mass is 9.94. The van der Waals surface area contributed by atoms with Crippen molar-refractivity contribution in [1.29, 1.82) is 0 Å². The molecule has 1 saturated heterocycles. The van der Waals surface area contributed by atoms with Gasteiger partial charge in [-0.1, -0.05) is 29.3 Å². The molecule has 1 aliphatic heterocycles. The third-order valence-electron chi connectivity index (χ3n) is 5.42. The van der Waals surface area contributed by atoms with Crippen molar-refractivity contribution in [2.45, 2.75) is 38.6 Å².